The molecular formula is C18H15IN4O4S. The Labute approximate surface area is 175 Å². The first-order valence-electron chi connectivity index (χ1n) is 7.93. The Morgan fingerprint density at radius 2 is 1.82 bits per heavy atom. The van der Waals surface area contributed by atoms with E-state index >= 15 is 0 Å². The van der Waals surface area contributed by atoms with Gasteiger partial charge < -0.3 is 10.1 Å². The third kappa shape index (κ3) is 4.95. The van der Waals surface area contributed by atoms with Crippen LogP contribution in [0.2, 0.25) is 0 Å². The van der Waals surface area contributed by atoms with Crippen molar-refractivity contribution in [3.63, 3.8) is 0 Å². The van der Waals surface area contributed by atoms with E-state index < -0.39 is 10.0 Å². The SMILES string of the molecule is COc1cc(NS(=O)(=O)c2ccc(NC(=O)c3cccc(I)c3)cc2)ncn1. The second-order valence-electron chi connectivity index (χ2n) is 5.54. The van der Waals surface area contributed by atoms with E-state index in [2.05, 4.69) is 42.6 Å². The van der Waals surface area contributed by atoms with Crippen molar-refractivity contribution in [2.75, 3.05) is 17.1 Å². The van der Waals surface area contributed by atoms with Gasteiger partial charge in [-0.2, -0.15) is 0 Å². The molecule has 1 amide bonds. The van der Waals surface area contributed by atoms with Gasteiger partial charge in [0.25, 0.3) is 15.9 Å². The fourth-order valence-corrected chi connectivity index (χ4v) is 3.80. The molecule has 2 N–H and O–H groups in total. The third-order valence-corrected chi connectivity index (χ3v) is 5.64. The molecule has 0 aliphatic carbocycles. The maximum Gasteiger partial charge on any atom is 0.263 e. The number of anilines is 2. The van der Waals surface area contributed by atoms with Gasteiger partial charge >= 0.3 is 0 Å². The molecule has 3 rings (SSSR count). The van der Waals surface area contributed by atoms with E-state index in [-0.39, 0.29) is 22.5 Å². The summed E-state index contributed by atoms with van der Waals surface area (Å²) in [6, 6.07) is 14.3. The summed E-state index contributed by atoms with van der Waals surface area (Å²) in [5.41, 5.74) is 0.995. The molecule has 2 aromatic carbocycles. The maximum atomic E-state index is 12.5. The number of methoxy groups -OCH3 is 1. The summed E-state index contributed by atoms with van der Waals surface area (Å²) >= 11 is 2.13. The predicted octanol–water partition coefficient (Wildman–Crippen LogP) is 3.14. The van der Waals surface area contributed by atoms with E-state index in [1.165, 1.54) is 43.8 Å². The number of carbonyl (C=O) groups is 1. The molecule has 0 saturated heterocycles. The lowest BCUT2D eigenvalue weighted by Gasteiger charge is -2.09. The van der Waals surface area contributed by atoms with Gasteiger partial charge in [0, 0.05) is 20.9 Å². The van der Waals surface area contributed by atoms with Crippen LogP contribution in [0.15, 0.2) is 65.8 Å². The van der Waals surface area contributed by atoms with Crippen LogP contribution in [-0.4, -0.2) is 31.4 Å². The standard InChI is InChI=1S/C18H15IN4O4S/c1-27-17-10-16(20-11-21-17)23-28(25,26)15-7-5-14(6-8-15)22-18(24)12-3-2-4-13(19)9-12/h2-11H,1H3,(H,22,24)(H,20,21,23). The normalized spacial score (nSPS) is 10.9. The van der Waals surface area contributed by atoms with Crippen LogP contribution in [-0.2, 0) is 10.0 Å². The first kappa shape index (κ1) is 20.0. The molecule has 0 unspecified atom stereocenters. The van der Waals surface area contributed by atoms with Crippen molar-refractivity contribution in [2.45, 2.75) is 4.90 Å². The van der Waals surface area contributed by atoms with E-state index in [0.717, 1.165) is 3.57 Å². The lowest BCUT2D eigenvalue weighted by molar-refractivity contribution is 0.102. The molecule has 0 bridgehead atoms. The molecule has 8 nitrogen and oxygen atoms in total. The number of rotatable bonds is 6. The topological polar surface area (TPSA) is 110 Å². The van der Waals surface area contributed by atoms with Crippen LogP contribution in [0.1, 0.15) is 10.4 Å². The van der Waals surface area contributed by atoms with Gasteiger partial charge in [-0.3, -0.25) is 9.52 Å². The second-order valence-corrected chi connectivity index (χ2v) is 8.47. The quantitative estimate of drug-likeness (QED) is 0.494. The lowest BCUT2D eigenvalue weighted by atomic mass is 10.2. The van der Waals surface area contributed by atoms with E-state index in [4.69, 9.17) is 4.74 Å². The molecule has 0 fully saturated rings. The van der Waals surface area contributed by atoms with Gasteiger partial charge in [0.05, 0.1) is 12.0 Å². The average Bonchev–Trinajstić information content (AvgIpc) is 2.68. The fourth-order valence-electron chi connectivity index (χ4n) is 2.25. The molecule has 1 aromatic heterocycles. The zero-order chi connectivity index (χ0) is 20.1. The molecule has 0 aliphatic rings. The number of amides is 1. The van der Waals surface area contributed by atoms with Crippen molar-refractivity contribution in [2.24, 2.45) is 0 Å². The summed E-state index contributed by atoms with van der Waals surface area (Å²) in [6.45, 7) is 0. The van der Waals surface area contributed by atoms with E-state index in [9.17, 15) is 13.2 Å². The number of aromatic nitrogens is 2. The van der Waals surface area contributed by atoms with Crippen LogP contribution in [0.5, 0.6) is 5.88 Å². The zero-order valence-corrected chi connectivity index (χ0v) is 17.6. The molecule has 28 heavy (non-hydrogen) atoms. The van der Waals surface area contributed by atoms with Gasteiger partial charge in [0.1, 0.15) is 12.1 Å². The van der Waals surface area contributed by atoms with Crippen LogP contribution in [0, 0.1) is 3.57 Å². The Kier molecular flexibility index (Phi) is 6.09. The van der Waals surface area contributed by atoms with Crippen molar-refractivity contribution >= 4 is 50.0 Å². The number of halogens is 1. The van der Waals surface area contributed by atoms with Gasteiger partial charge in [0.15, 0.2) is 0 Å². The van der Waals surface area contributed by atoms with Gasteiger partial charge in [-0.15, -0.1) is 0 Å². The number of ether oxygens (including phenoxy) is 1. The number of sulfonamides is 1. The highest BCUT2D eigenvalue weighted by molar-refractivity contribution is 14.1. The van der Waals surface area contributed by atoms with Gasteiger partial charge in [-0.25, -0.2) is 18.4 Å². The molecule has 0 spiro atoms. The van der Waals surface area contributed by atoms with Crippen LogP contribution in [0.3, 0.4) is 0 Å². The van der Waals surface area contributed by atoms with E-state index in [1.54, 1.807) is 18.2 Å². The molecule has 1 heterocycles. The monoisotopic (exact) mass is 510 g/mol. The molecule has 0 saturated carbocycles. The Morgan fingerprint density at radius 3 is 2.50 bits per heavy atom. The summed E-state index contributed by atoms with van der Waals surface area (Å²) in [6.07, 6.45) is 1.19. The zero-order valence-electron chi connectivity index (χ0n) is 14.6. The van der Waals surface area contributed by atoms with E-state index in [0.29, 0.717) is 11.3 Å². The minimum absolute atomic E-state index is 0.0253. The van der Waals surface area contributed by atoms with Crippen LogP contribution < -0.4 is 14.8 Å². The van der Waals surface area contributed by atoms with Crippen LogP contribution >= 0.6 is 22.6 Å². The van der Waals surface area contributed by atoms with Crippen molar-refractivity contribution in [3.8, 4) is 5.88 Å². The van der Waals surface area contributed by atoms with Crippen molar-refractivity contribution < 1.29 is 17.9 Å². The first-order valence-corrected chi connectivity index (χ1v) is 10.5. The summed E-state index contributed by atoms with van der Waals surface area (Å²) in [5.74, 6) is 0.0459. The summed E-state index contributed by atoms with van der Waals surface area (Å²) < 4.78 is 33.2. The number of benzene rings is 2. The number of carbonyl (C=O) groups excluding carboxylic acids is 1. The molecule has 0 radical (unpaired) electrons. The summed E-state index contributed by atoms with van der Waals surface area (Å²) in [5, 5.41) is 2.73. The van der Waals surface area contributed by atoms with Gasteiger partial charge in [0.2, 0.25) is 5.88 Å². The molecule has 3 aromatic rings. The van der Waals surface area contributed by atoms with Crippen LogP contribution in [0.25, 0.3) is 0 Å². The summed E-state index contributed by atoms with van der Waals surface area (Å²) in [4.78, 5) is 20.0. The Balaban J connectivity index is 1.73. The second kappa shape index (κ2) is 8.52. The molecule has 10 heteroatoms. The molecular weight excluding hydrogens is 495 g/mol. The highest BCUT2D eigenvalue weighted by Gasteiger charge is 2.16. The predicted molar refractivity (Wildman–Crippen MR) is 113 cm³/mol. The average molecular weight is 510 g/mol. The molecule has 0 aliphatic heterocycles. The Morgan fingerprint density at radius 1 is 1.07 bits per heavy atom. The van der Waals surface area contributed by atoms with Crippen molar-refractivity contribution in [1.82, 2.24) is 9.97 Å². The minimum atomic E-state index is -3.85. The fraction of sp³-hybridized carbons (Fsp3) is 0.0556. The number of nitrogens with one attached hydrogen (secondary N) is 2. The number of nitrogens with zero attached hydrogens (tertiary/aromatic N) is 2. The largest absolute Gasteiger partial charge is 0.481 e. The lowest BCUT2D eigenvalue weighted by Crippen LogP contribution is -2.15. The van der Waals surface area contributed by atoms with Gasteiger partial charge in [-0.05, 0) is 65.1 Å². The third-order valence-electron chi connectivity index (χ3n) is 3.60. The number of hydrogen-bond donors (Lipinski definition) is 2. The van der Waals surface area contributed by atoms with Crippen molar-refractivity contribution in [3.05, 3.63) is 70.1 Å². The number of hydrogen-bond acceptors (Lipinski definition) is 6. The first-order chi connectivity index (χ1) is 13.4. The Bertz CT molecular complexity index is 1100. The van der Waals surface area contributed by atoms with Crippen molar-refractivity contribution in [1.29, 1.82) is 0 Å². The highest BCUT2D eigenvalue weighted by atomic mass is 127. The molecule has 144 valence electrons. The van der Waals surface area contributed by atoms with E-state index in [1.807, 2.05) is 6.07 Å². The Hall–Kier alpha value is -2.73. The van der Waals surface area contributed by atoms with Crippen LogP contribution in [0.4, 0.5) is 11.5 Å². The smallest absolute Gasteiger partial charge is 0.263 e. The van der Waals surface area contributed by atoms with Gasteiger partial charge in [-0.1, -0.05) is 6.07 Å². The molecule has 0 atom stereocenters. The highest BCUT2D eigenvalue weighted by Crippen LogP contribution is 2.19. The maximum absolute atomic E-state index is 12.5. The summed E-state index contributed by atoms with van der Waals surface area (Å²) in [7, 11) is -2.43. The minimum Gasteiger partial charge on any atom is -0.481 e.